The van der Waals surface area contributed by atoms with E-state index in [2.05, 4.69) is 15.9 Å². The molecule has 5 heteroatoms. The van der Waals surface area contributed by atoms with Gasteiger partial charge >= 0.3 is 0 Å². The van der Waals surface area contributed by atoms with E-state index in [9.17, 15) is 4.79 Å². The fourth-order valence-electron chi connectivity index (χ4n) is 1.85. The van der Waals surface area contributed by atoms with Gasteiger partial charge in [0, 0.05) is 10.9 Å². The van der Waals surface area contributed by atoms with E-state index in [4.69, 9.17) is 27.9 Å². The largest absolute Gasteiger partial charge is 0.496 e. The quantitative estimate of drug-likeness (QED) is 0.689. The first-order valence-electron chi connectivity index (χ1n) is 5.82. The van der Waals surface area contributed by atoms with Crippen LogP contribution in [0.15, 0.2) is 40.9 Å². The van der Waals surface area contributed by atoms with Crippen molar-refractivity contribution in [3.8, 4) is 5.75 Å². The van der Waals surface area contributed by atoms with Crippen molar-refractivity contribution < 1.29 is 9.53 Å². The second-order valence-electron chi connectivity index (χ2n) is 4.16. The van der Waals surface area contributed by atoms with Crippen LogP contribution in [0.25, 0.3) is 0 Å². The monoisotopic (exact) mass is 372 g/mol. The molecule has 0 amide bonds. The van der Waals surface area contributed by atoms with Gasteiger partial charge in [0.1, 0.15) is 5.75 Å². The second-order valence-corrected chi connectivity index (χ2v) is 5.86. The van der Waals surface area contributed by atoms with Gasteiger partial charge in [-0.25, -0.2) is 0 Å². The molecule has 0 unspecified atom stereocenters. The molecule has 0 aromatic heterocycles. The molecule has 104 valence electrons. The van der Waals surface area contributed by atoms with E-state index >= 15 is 0 Å². The Morgan fingerprint density at radius 2 is 2.00 bits per heavy atom. The van der Waals surface area contributed by atoms with E-state index in [-0.39, 0.29) is 12.2 Å². The van der Waals surface area contributed by atoms with Gasteiger partial charge in [-0.3, -0.25) is 4.79 Å². The van der Waals surface area contributed by atoms with Gasteiger partial charge in [-0.15, -0.1) is 0 Å². The van der Waals surface area contributed by atoms with Crippen LogP contribution in [0, 0.1) is 0 Å². The normalized spacial score (nSPS) is 10.4. The van der Waals surface area contributed by atoms with Gasteiger partial charge in [0.25, 0.3) is 0 Å². The van der Waals surface area contributed by atoms with Gasteiger partial charge in [0.05, 0.1) is 22.7 Å². The Bertz CT molecular complexity index is 656. The molecule has 20 heavy (non-hydrogen) atoms. The number of carbonyl (C=O) groups is 1. The van der Waals surface area contributed by atoms with Gasteiger partial charge in [0.2, 0.25) is 0 Å². The smallest absolute Gasteiger partial charge is 0.171 e. The highest BCUT2D eigenvalue weighted by Crippen LogP contribution is 2.29. The first kappa shape index (κ1) is 15.4. The Morgan fingerprint density at radius 3 is 2.70 bits per heavy atom. The highest BCUT2D eigenvalue weighted by molar-refractivity contribution is 9.10. The van der Waals surface area contributed by atoms with E-state index in [0.717, 1.165) is 4.47 Å². The molecule has 2 aromatic rings. The van der Waals surface area contributed by atoms with Crippen molar-refractivity contribution in [3.05, 3.63) is 62.0 Å². The SMILES string of the molecule is COc1cc(Br)ccc1C(=O)Cc1cccc(Cl)c1Cl. The summed E-state index contributed by atoms with van der Waals surface area (Å²) in [6.07, 6.45) is 0.178. The molecule has 0 fully saturated rings. The van der Waals surface area contributed by atoms with Gasteiger partial charge < -0.3 is 4.74 Å². The van der Waals surface area contributed by atoms with Crippen LogP contribution >= 0.6 is 39.1 Å². The Labute approximate surface area is 135 Å². The van der Waals surface area contributed by atoms with E-state index < -0.39 is 0 Å². The van der Waals surface area contributed by atoms with E-state index in [1.807, 2.05) is 0 Å². The average Bonchev–Trinajstić information content (AvgIpc) is 2.43. The van der Waals surface area contributed by atoms with E-state index in [1.165, 1.54) is 7.11 Å². The molecular formula is C15H11BrCl2O2. The zero-order chi connectivity index (χ0) is 14.7. The second kappa shape index (κ2) is 6.61. The Morgan fingerprint density at radius 1 is 1.25 bits per heavy atom. The average molecular weight is 374 g/mol. The third kappa shape index (κ3) is 3.35. The lowest BCUT2D eigenvalue weighted by Gasteiger charge is -2.09. The third-order valence-electron chi connectivity index (χ3n) is 2.85. The zero-order valence-corrected chi connectivity index (χ0v) is 13.7. The summed E-state index contributed by atoms with van der Waals surface area (Å²) in [4.78, 5) is 12.4. The molecule has 2 rings (SSSR count). The number of ketones is 1. The number of methoxy groups -OCH3 is 1. The fraction of sp³-hybridized carbons (Fsp3) is 0.133. The van der Waals surface area contributed by atoms with Crippen LogP contribution in [-0.4, -0.2) is 12.9 Å². The molecule has 0 aliphatic heterocycles. The van der Waals surface area contributed by atoms with E-state index in [1.54, 1.807) is 36.4 Å². The number of Topliss-reactive ketones (excluding diaryl/α,β-unsaturated/α-hetero) is 1. The highest BCUT2D eigenvalue weighted by Gasteiger charge is 2.15. The lowest BCUT2D eigenvalue weighted by Crippen LogP contribution is -2.06. The first-order valence-corrected chi connectivity index (χ1v) is 7.37. The number of hydrogen-bond acceptors (Lipinski definition) is 2. The van der Waals surface area contributed by atoms with Crippen molar-refractivity contribution in [2.75, 3.05) is 7.11 Å². The maximum Gasteiger partial charge on any atom is 0.171 e. The predicted molar refractivity (Wildman–Crippen MR) is 85.2 cm³/mol. The minimum Gasteiger partial charge on any atom is -0.496 e. The van der Waals surface area contributed by atoms with Gasteiger partial charge in [0.15, 0.2) is 5.78 Å². The summed E-state index contributed by atoms with van der Waals surface area (Å²) in [7, 11) is 1.53. The van der Waals surface area contributed by atoms with Crippen LogP contribution in [0.4, 0.5) is 0 Å². The fourth-order valence-corrected chi connectivity index (χ4v) is 2.58. The third-order valence-corrected chi connectivity index (χ3v) is 4.20. The number of carbonyl (C=O) groups excluding carboxylic acids is 1. The van der Waals surface area contributed by atoms with Crippen LogP contribution in [0.3, 0.4) is 0 Å². The number of rotatable bonds is 4. The summed E-state index contributed by atoms with van der Waals surface area (Å²) in [6, 6.07) is 10.5. The molecule has 0 atom stereocenters. The molecule has 0 radical (unpaired) electrons. The Kier molecular flexibility index (Phi) is 5.08. The molecule has 0 saturated heterocycles. The van der Waals surface area contributed by atoms with Gasteiger partial charge in [-0.1, -0.05) is 51.3 Å². The lowest BCUT2D eigenvalue weighted by molar-refractivity contribution is 0.0990. The van der Waals surface area contributed by atoms with E-state index in [0.29, 0.717) is 26.9 Å². The minimum atomic E-state index is -0.0708. The highest BCUT2D eigenvalue weighted by atomic mass is 79.9. The van der Waals surface area contributed by atoms with Crippen molar-refractivity contribution in [2.45, 2.75) is 6.42 Å². The summed E-state index contributed by atoms with van der Waals surface area (Å²) in [5, 5.41) is 0.860. The molecule has 2 nitrogen and oxygen atoms in total. The van der Waals surface area contributed by atoms with Crippen LogP contribution in [0.1, 0.15) is 15.9 Å². The van der Waals surface area contributed by atoms with Crippen molar-refractivity contribution >= 4 is 44.9 Å². The molecule has 0 saturated carbocycles. The molecule has 0 N–H and O–H groups in total. The predicted octanol–water partition coefficient (Wildman–Crippen LogP) is 5.19. The molecule has 0 aliphatic carbocycles. The van der Waals surface area contributed by atoms with Gasteiger partial charge in [-0.2, -0.15) is 0 Å². The first-order chi connectivity index (χ1) is 9.52. The van der Waals surface area contributed by atoms with Crippen molar-refractivity contribution in [2.24, 2.45) is 0 Å². The minimum absolute atomic E-state index is 0.0708. The summed E-state index contributed by atoms with van der Waals surface area (Å²) in [5.74, 6) is 0.459. The topological polar surface area (TPSA) is 26.3 Å². The van der Waals surface area contributed by atoms with Gasteiger partial charge in [-0.05, 0) is 29.8 Å². The van der Waals surface area contributed by atoms with Crippen LogP contribution in [-0.2, 0) is 6.42 Å². The summed E-state index contributed by atoms with van der Waals surface area (Å²) < 4.78 is 6.08. The van der Waals surface area contributed by atoms with Crippen molar-refractivity contribution in [1.82, 2.24) is 0 Å². The number of halogens is 3. The molecule has 0 heterocycles. The molecule has 0 bridgehead atoms. The van der Waals surface area contributed by atoms with Crippen molar-refractivity contribution in [3.63, 3.8) is 0 Å². The lowest BCUT2D eigenvalue weighted by atomic mass is 10.0. The van der Waals surface area contributed by atoms with Crippen molar-refractivity contribution in [1.29, 1.82) is 0 Å². The van der Waals surface area contributed by atoms with Crippen LogP contribution < -0.4 is 4.74 Å². The Balaban J connectivity index is 2.31. The summed E-state index contributed by atoms with van der Waals surface area (Å²) in [5.41, 5.74) is 1.22. The maximum absolute atomic E-state index is 12.4. The van der Waals surface area contributed by atoms with Crippen LogP contribution in [0.2, 0.25) is 10.0 Å². The summed E-state index contributed by atoms with van der Waals surface area (Å²) >= 11 is 15.4. The molecule has 2 aromatic carbocycles. The molecular weight excluding hydrogens is 363 g/mol. The number of benzene rings is 2. The maximum atomic E-state index is 12.4. The zero-order valence-electron chi connectivity index (χ0n) is 10.6. The standard InChI is InChI=1S/C15H11BrCl2O2/c1-20-14-8-10(16)5-6-11(14)13(19)7-9-3-2-4-12(17)15(9)18/h2-6,8H,7H2,1H3. The van der Waals surface area contributed by atoms with Crippen LogP contribution in [0.5, 0.6) is 5.75 Å². The molecule has 0 aliphatic rings. The molecule has 0 spiro atoms. The number of ether oxygens (including phenoxy) is 1. The Hall–Kier alpha value is -1.03. The summed E-state index contributed by atoms with van der Waals surface area (Å²) in [6.45, 7) is 0. The number of hydrogen-bond donors (Lipinski definition) is 0.